The zero-order valence-electron chi connectivity index (χ0n) is 13.0. The number of nitrogens with one attached hydrogen (secondary N) is 1. The van der Waals surface area contributed by atoms with Gasteiger partial charge < -0.3 is 14.5 Å². The first-order valence-corrected chi connectivity index (χ1v) is 7.99. The van der Waals surface area contributed by atoms with Crippen LogP contribution in [0, 0.1) is 6.92 Å². The Morgan fingerprint density at radius 1 is 1.29 bits per heavy atom. The van der Waals surface area contributed by atoms with Crippen molar-refractivity contribution in [1.29, 1.82) is 0 Å². The molecule has 0 aliphatic heterocycles. The number of nitrogens with zero attached hydrogens (tertiary/aromatic N) is 4. The molecule has 114 valence electrons. The largest absolute Gasteiger partial charge is 0.353 e. The van der Waals surface area contributed by atoms with Crippen molar-refractivity contribution in [1.82, 2.24) is 19.1 Å². The molecule has 0 saturated heterocycles. The Hall–Kier alpha value is -1.78. The normalized spacial score (nSPS) is 16.3. The van der Waals surface area contributed by atoms with Crippen LogP contribution in [0.1, 0.15) is 43.6 Å². The average molecular weight is 287 g/mol. The van der Waals surface area contributed by atoms with E-state index in [4.69, 9.17) is 0 Å². The van der Waals surface area contributed by atoms with Gasteiger partial charge in [-0.05, 0) is 19.8 Å². The minimum Gasteiger partial charge on any atom is -0.353 e. The van der Waals surface area contributed by atoms with Crippen LogP contribution >= 0.6 is 0 Å². The first-order chi connectivity index (χ1) is 10.2. The van der Waals surface area contributed by atoms with Crippen molar-refractivity contribution in [3.05, 3.63) is 30.1 Å². The predicted octanol–water partition coefficient (Wildman–Crippen LogP) is 2.91. The monoisotopic (exact) mass is 287 g/mol. The van der Waals surface area contributed by atoms with Gasteiger partial charge in [-0.25, -0.2) is 9.97 Å². The molecule has 0 spiro atoms. The van der Waals surface area contributed by atoms with Crippen molar-refractivity contribution < 1.29 is 0 Å². The summed E-state index contributed by atoms with van der Waals surface area (Å²) in [5.74, 6) is 2.14. The zero-order valence-corrected chi connectivity index (χ0v) is 13.0. The van der Waals surface area contributed by atoms with Crippen LogP contribution in [0.4, 0.5) is 5.95 Å². The maximum absolute atomic E-state index is 4.65. The van der Waals surface area contributed by atoms with Crippen LogP contribution < -0.4 is 5.32 Å². The first-order valence-electron chi connectivity index (χ1n) is 7.99. The first kappa shape index (κ1) is 14.2. The summed E-state index contributed by atoms with van der Waals surface area (Å²) in [6.07, 6.45) is 13.5. The van der Waals surface area contributed by atoms with E-state index in [2.05, 4.69) is 37.5 Å². The summed E-state index contributed by atoms with van der Waals surface area (Å²) in [4.78, 5) is 9.04. The van der Waals surface area contributed by atoms with E-state index >= 15 is 0 Å². The molecular weight excluding hydrogens is 262 g/mol. The van der Waals surface area contributed by atoms with Crippen LogP contribution in [-0.2, 0) is 20.0 Å². The third-order valence-electron chi connectivity index (χ3n) is 4.33. The molecule has 2 heterocycles. The van der Waals surface area contributed by atoms with Gasteiger partial charge in [-0.2, -0.15) is 0 Å². The van der Waals surface area contributed by atoms with Gasteiger partial charge in [-0.3, -0.25) is 0 Å². The fourth-order valence-corrected chi connectivity index (χ4v) is 3.12. The van der Waals surface area contributed by atoms with Gasteiger partial charge in [0, 0.05) is 44.6 Å². The molecule has 0 atom stereocenters. The molecule has 1 fully saturated rings. The van der Waals surface area contributed by atoms with Crippen LogP contribution in [-0.4, -0.2) is 25.1 Å². The van der Waals surface area contributed by atoms with Crippen LogP contribution in [0.2, 0.25) is 0 Å². The number of rotatable bonds is 5. The molecule has 2 aromatic rings. The molecule has 0 bridgehead atoms. The second kappa shape index (κ2) is 6.33. The van der Waals surface area contributed by atoms with Gasteiger partial charge in [0.1, 0.15) is 5.82 Å². The molecule has 5 nitrogen and oxygen atoms in total. The highest BCUT2D eigenvalue weighted by Gasteiger charge is 2.16. The molecule has 1 saturated carbocycles. The molecule has 0 aromatic carbocycles. The molecule has 2 aromatic heterocycles. The Balaban J connectivity index is 1.65. The van der Waals surface area contributed by atoms with E-state index in [0.29, 0.717) is 6.04 Å². The van der Waals surface area contributed by atoms with Crippen molar-refractivity contribution in [3.63, 3.8) is 0 Å². The maximum atomic E-state index is 4.65. The van der Waals surface area contributed by atoms with Gasteiger partial charge >= 0.3 is 0 Å². The molecule has 0 amide bonds. The van der Waals surface area contributed by atoms with Gasteiger partial charge in [-0.1, -0.05) is 19.3 Å². The minimum atomic E-state index is 0.590. The third kappa shape index (κ3) is 3.46. The predicted molar refractivity (Wildman–Crippen MR) is 84.4 cm³/mol. The average Bonchev–Trinajstić information content (AvgIpc) is 3.04. The number of anilines is 1. The van der Waals surface area contributed by atoms with Gasteiger partial charge in [0.2, 0.25) is 5.95 Å². The number of aryl methyl sites for hydroxylation is 4. The quantitative estimate of drug-likeness (QED) is 0.920. The lowest BCUT2D eigenvalue weighted by Gasteiger charge is -2.23. The number of hydrogen-bond acceptors (Lipinski definition) is 3. The summed E-state index contributed by atoms with van der Waals surface area (Å²) in [6, 6.07) is 0.590. The maximum Gasteiger partial charge on any atom is 0.203 e. The lowest BCUT2D eigenvalue weighted by molar-refractivity contribution is 0.458. The fourth-order valence-electron chi connectivity index (χ4n) is 3.12. The van der Waals surface area contributed by atoms with Crippen LogP contribution in [0.3, 0.4) is 0 Å². The summed E-state index contributed by atoms with van der Waals surface area (Å²) < 4.78 is 4.32. The Kier molecular flexibility index (Phi) is 4.27. The number of imidazole rings is 2. The highest BCUT2D eigenvalue weighted by Crippen LogP contribution is 2.21. The van der Waals surface area contributed by atoms with E-state index in [-0.39, 0.29) is 0 Å². The molecule has 0 radical (unpaired) electrons. The molecule has 3 rings (SSSR count). The SMILES string of the molecule is Cc1cn(CCc2nccn2C)c(NC2CCCCC2)n1. The Morgan fingerprint density at radius 2 is 2.10 bits per heavy atom. The van der Waals surface area contributed by atoms with Crippen LogP contribution in [0.15, 0.2) is 18.6 Å². The Bertz CT molecular complexity index is 577. The molecule has 0 unspecified atom stereocenters. The van der Waals surface area contributed by atoms with E-state index in [0.717, 1.165) is 30.4 Å². The molecule has 1 N–H and O–H groups in total. The second-order valence-corrected chi connectivity index (χ2v) is 6.08. The highest BCUT2D eigenvalue weighted by molar-refractivity contribution is 5.30. The van der Waals surface area contributed by atoms with E-state index < -0.39 is 0 Å². The van der Waals surface area contributed by atoms with E-state index in [9.17, 15) is 0 Å². The van der Waals surface area contributed by atoms with Crippen molar-refractivity contribution >= 4 is 5.95 Å². The fraction of sp³-hybridized carbons (Fsp3) is 0.625. The Labute approximate surface area is 126 Å². The van der Waals surface area contributed by atoms with E-state index in [1.54, 1.807) is 0 Å². The summed E-state index contributed by atoms with van der Waals surface area (Å²) in [7, 11) is 2.04. The summed E-state index contributed by atoms with van der Waals surface area (Å²) in [5.41, 5.74) is 1.08. The van der Waals surface area contributed by atoms with Crippen molar-refractivity contribution in [2.24, 2.45) is 7.05 Å². The molecule has 21 heavy (non-hydrogen) atoms. The number of hydrogen-bond donors (Lipinski definition) is 1. The summed E-state index contributed by atoms with van der Waals surface area (Å²) in [5, 5.41) is 3.64. The van der Waals surface area contributed by atoms with Gasteiger partial charge in [0.15, 0.2) is 0 Å². The molecule has 1 aliphatic carbocycles. The summed E-state index contributed by atoms with van der Waals surface area (Å²) in [6.45, 7) is 2.98. The lowest BCUT2D eigenvalue weighted by Crippen LogP contribution is -2.24. The van der Waals surface area contributed by atoms with E-state index in [1.165, 1.54) is 32.1 Å². The summed E-state index contributed by atoms with van der Waals surface area (Å²) >= 11 is 0. The molecular formula is C16H25N5. The third-order valence-corrected chi connectivity index (χ3v) is 4.33. The standard InChI is InChI=1S/C16H25N5/c1-13-12-21(10-8-15-17-9-11-20(15)2)16(18-13)19-14-6-4-3-5-7-14/h9,11-12,14H,3-8,10H2,1-2H3,(H,18,19). The molecule has 1 aliphatic rings. The van der Waals surface area contributed by atoms with Crippen molar-refractivity contribution in [2.75, 3.05) is 5.32 Å². The van der Waals surface area contributed by atoms with E-state index in [1.807, 2.05) is 19.4 Å². The lowest BCUT2D eigenvalue weighted by atomic mass is 9.96. The van der Waals surface area contributed by atoms with Crippen LogP contribution in [0.5, 0.6) is 0 Å². The van der Waals surface area contributed by atoms with Gasteiger partial charge in [-0.15, -0.1) is 0 Å². The van der Waals surface area contributed by atoms with Crippen molar-refractivity contribution in [3.8, 4) is 0 Å². The Morgan fingerprint density at radius 3 is 2.81 bits per heavy atom. The van der Waals surface area contributed by atoms with Crippen molar-refractivity contribution in [2.45, 2.75) is 58.0 Å². The molecule has 5 heteroatoms. The second-order valence-electron chi connectivity index (χ2n) is 6.08. The highest BCUT2D eigenvalue weighted by atomic mass is 15.2. The topological polar surface area (TPSA) is 47.7 Å². The number of aromatic nitrogens is 4. The van der Waals surface area contributed by atoms with Gasteiger partial charge in [0.25, 0.3) is 0 Å². The van der Waals surface area contributed by atoms with Gasteiger partial charge in [0.05, 0.1) is 5.69 Å². The minimum absolute atomic E-state index is 0.590. The zero-order chi connectivity index (χ0) is 14.7. The van der Waals surface area contributed by atoms with Crippen LogP contribution in [0.25, 0.3) is 0 Å². The smallest absolute Gasteiger partial charge is 0.203 e.